The maximum Gasteiger partial charge on any atom is 0.124 e. The van der Waals surface area contributed by atoms with Gasteiger partial charge in [-0.15, -0.1) is 0 Å². The lowest BCUT2D eigenvalue weighted by Crippen LogP contribution is -2.18. The molecule has 20 heavy (non-hydrogen) atoms. The molecule has 114 valence electrons. The van der Waals surface area contributed by atoms with Gasteiger partial charge in [-0.25, -0.2) is 0 Å². The van der Waals surface area contributed by atoms with Crippen LogP contribution >= 0.6 is 0 Å². The molecule has 0 spiro atoms. The van der Waals surface area contributed by atoms with Gasteiger partial charge in [0.1, 0.15) is 5.75 Å². The zero-order valence-electron chi connectivity index (χ0n) is 13.1. The van der Waals surface area contributed by atoms with Crippen molar-refractivity contribution in [3.05, 3.63) is 29.3 Å². The summed E-state index contributed by atoms with van der Waals surface area (Å²) in [6.45, 7) is 8.40. The minimum Gasteiger partial charge on any atom is -0.493 e. The molecule has 0 aromatic heterocycles. The first-order valence-corrected chi connectivity index (χ1v) is 7.76. The van der Waals surface area contributed by atoms with Crippen LogP contribution in [0.15, 0.2) is 18.2 Å². The fourth-order valence-corrected chi connectivity index (χ4v) is 2.30. The summed E-state index contributed by atoms with van der Waals surface area (Å²) in [6.07, 6.45) is 4.13. The summed E-state index contributed by atoms with van der Waals surface area (Å²) in [5.41, 5.74) is 2.50. The molecule has 1 rings (SSSR count). The predicted molar refractivity (Wildman–Crippen MR) is 84.3 cm³/mol. The van der Waals surface area contributed by atoms with Gasteiger partial charge in [0.05, 0.1) is 6.61 Å². The molecule has 1 atom stereocenters. The summed E-state index contributed by atoms with van der Waals surface area (Å²) in [7, 11) is 0. The van der Waals surface area contributed by atoms with Crippen molar-refractivity contribution < 1.29 is 9.84 Å². The molecule has 0 aliphatic carbocycles. The van der Waals surface area contributed by atoms with Gasteiger partial charge in [0.25, 0.3) is 0 Å². The lowest BCUT2D eigenvalue weighted by molar-refractivity contribution is 0.272. The second kappa shape index (κ2) is 9.78. The molecule has 0 aliphatic rings. The number of aliphatic hydroxyl groups is 1. The highest BCUT2D eigenvalue weighted by atomic mass is 16.5. The van der Waals surface area contributed by atoms with E-state index >= 15 is 0 Å². The van der Waals surface area contributed by atoms with E-state index in [1.54, 1.807) is 0 Å². The molecule has 3 heteroatoms. The number of rotatable bonds is 10. The Kier molecular flexibility index (Phi) is 8.31. The highest BCUT2D eigenvalue weighted by Gasteiger charge is 2.11. The second-order valence-corrected chi connectivity index (χ2v) is 5.31. The molecule has 0 aliphatic heterocycles. The summed E-state index contributed by atoms with van der Waals surface area (Å²) in [5, 5.41) is 12.2. The predicted octanol–water partition coefficient (Wildman–Crippen LogP) is 3.60. The Morgan fingerprint density at radius 1 is 1.20 bits per heavy atom. The molecule has 1 aromatic rings. The van der Waals surface area contributed by atoms with Crippen LogP contribution in [0, 0.1) is 6.92 Å². The zero-order valence-corrected chi connectivity index (χ0v) is 13.1. The summed E-state index contributed by atoms with van der Waals surface area (Å²) < 4.78 is 5.94. The fraction of sp³-hybridized carbons (Fsp3) is 0.647. The molecule has 1 aromatic carbocycles. The van der Waals surface area contributed by atoms with Crippen molar-refractivity contribution in [2.24, 2.45) is 0 Å². The molecule has 0 saturated carbocycles. The zero-order chi connectivity index (χ0) is 14.8. The maximum absolute atomic E-state index is 8.74. The maximum atomic E-state index is 8.74. The molecule has 0 saturated heterocycles. The SMILES string of the molecule is CCNC(C)c1cc(C)ccc1OCCCCCCO. The van der Waals surface area contributed by atoms with Crippen LogP contribution in [0.4, 0.5) is 0 Å². The first kappa shape index (κ1) is 17.0. The van der Waals surface area contributed by atoms with Crippen molar-refractivity contribution in [3.63, 3.8) is 0 Å². The highest BCUT2D eigenvalue weighted by Crippen LogP contribution is 2.26. The van der Waals surface area contributed by atoms with Crippen molar-refractivity contribution in [2.45, 2.75) is 52.5 Å². The van der Waals surface area contributed by atoms with Gasteiger partial charge in [-0.2, -0.15) is 0 Å². The number of aliphatic hydroxyl groups excluding tert-OH is 1. The van der Waals surface area contributed by atoms with Crippen LogP contribution in [0.25, 0.3) is 0 Å². The van der Waals surface area contributed by atoms with Gasteiger partial charge < -0.3 is 15.2 Å². The van der Waals surface area contributed by atoms with Crippen molar-refractivity contribution in [2.75, 3.05) is 19.8 Å². The van der Waals surface area contributed by atoms with E-state index in [1.807, 2.05) is 0 Å². The summed E-state index contributed by atoms with van der Waals surface area (Å²) in [6, 6.07) is 6.69. The minimum atomic E-state index is 0.295. The number of benzene rings is 1. The number of ether oxygens (including phenoxy) is 1. The molecule has 1 unspecified atom stereocenters. The molecule has 2 N–H and O–H groups in total. The van der Waals surface area contributed by atoms with Crippen molar-refractivity contribution >= 4 is 0 Å². The lowest BCUT2D eigenvalue weighted by Gasteiger charge is -2.18. The van der Waals surface area contributed by atoms with Crippen LogP contribution in [-0.2, 0) is 0 Å². The Labute approximate surface area is 123 Å². The monoisotopic (exact) mass is 279 g/mol. The number of nitrogens with one attached hydrogen (secondary N) is 1. The van der Waals surface area contributed by atoms with E-state index in [2.05, 4.69) is 44.3 Å². The Hall–Kier alpha value is -1.06. The molecule has 0 fully saturated rings. The smallest absolute Gasteiger partial charge is 0.124 e. The number of hydrogen-bond acceptors (Lipinski definition) is 3. The minimum absolute atomic E-state index is 0.295. The Balaban J connectivity index is 2.51. The van der Waals surface area contributed by atoms with Gasteiger partial charge in [-0.3, -0.25) is 0 Å². The summed E-state index contributed by atoms with van der Waals surface area (Å²) >= 11 is 0. The lowest BCUT2D eigenvalue weighted by atomic mass is 10.0. The van der Waals surface area contributed by atoms with E-state index in [1.165, 1.54) is 11.1 Å². The molecule has 0 bridgehead atoms. The molecule has 3 nitrogen and oxygen atoms in total. The Morgan fingerprint density at radius 3 is 2.65 bits per heavy atom. The third-order valence-electron chi connectivity index (χ3n) is 3.45. The highest BCUT2D eigenvalue weighted by molar-refractivity contribution is 5.38. The van der Waals surface area contributed by atoms with E-state index in [0.29, 0.717) is 12.6 Å². The summed E-state index contributed by atoms with van der Waals surface area (Å²) in [5.74, 6) is 0.992. The average Bonchev–Trinajstić information content (AvgIpc) is 2.44. The van der Waals surface area contributed by atoms with Gasteiger partial charge in [-0.05, 0) is 45.7 Å². The largest absolute Gasteiger partial charge is 0.493 e. The number of unbranched alkanes of at least 4 members (excludes halogenated alkanes) is 3. The van der Waals surface area contributed by atoms with E-state index in [-0.39, 0.29) is 0 Å². The third kappa shape index (κ3) is 5.93. The van der Waals surface area contributed by atoms with Crippen LogP contribution in [0.3, 0.4) is 0 Å². The fourth-order valence-electron chi connectivity index (χ4n) is 2.30. The Morgan fingerprint density at radius 2 is 1.95 bits per heavy atom. The third-order valence-corrected chi connectivity index (χ3v) is 3.45. The van der Waals surface area contributed by atoms with Crippen molar-refractivity contribution in [1.82, 2.24) is 5.32 Å². The molecule has 0 heterocycles. The molecule has 0 amide bonds. The van der Waals surface area contributed by atoms with Crippen LogP contribution in [0.1, 0.15) is 56.7 Å². The first-order chi connectivity index (χ1) is 9.69. The van der Waals surface area contributed by atoms with Crippen molar-refractivity contribution in [1.29, 1.82) is 0 Å². The van der Waals surface area contributed by atoms with Crippen LogP contribution in [0.2, 0.25) is 0 Å². The molecular formula is C17H29NO2. The van der Waals surface area contributed by atoms with Crippen LogP contribution in [-0.4, -0.2) is 24.9 Å². The average molecular weight is 279 g/mol. The van der Waals surface area contributed by atoms with E-state index in [4.69, 9.17) is 9.84 Å². The standard InChI is InChI=1S/C17H29NO2/c1-4-18-15(3)16-13-14(2)9-10-17(16)20-12-8-6-5-7-11-19/h9-10,13,15,18-19H,4-8,11-12H2,1-3H3. The Bertz CT molecular complexity index is 379. The van der Waals surface area contributed by atoms with Gasteiger partial charge in [0.2, 0.25) is 0 Å². The molecular weight excluding hydrogens is 250 g/mol. The quantitative estimate of drug-likeness (QED) is 0.643. The number of hydrogen-bond donors (Lipinski definition) is 2. The van der Waals surface area contributed by atoms with E-state index in [0.717, 1.165) is 44.6 Å². The first-order valence-electron chi connectivity index (χ1n) is 7.76. The summed E-state index contributed by atoms with van der Waals surface area (Å²) in [4.78, 5) is 0. The normalized spacial score (nSPS) is 12.4. The van der Waals surface area contributed by atoms with Gasteiger partial charge in [0, 0.05) is 18.2 Å². The second-order valence-electron chi connectivity index (χ2n) is 5.31. The topological polar surface area (TPSA) is 41.5 Å². The molecule has 0 radical (unpaired) electrons. The van der Waals surface area contributed by atoms with Gasteiger partial charge in [0.15, 0.2) is 0 Å². The van der Waals surface area contributed by atoms with E-state index in [9.17, 15) is 0 Å². The van der Waals surface area contributed by atoms with Crippen LogP contribution in [0.5, 0.6) is 5.75 Å². The van der Waals surface area contributed by atoms with Crippen molar-refractivity contribution in [3.8, 4) is 5.75 Å². The van der Waals surface area contributed by atoms with E-state index < -0.39 is 0 Å². The number of aryl methyl sites for hydroxylation is 1. The van der Waals surface area contributed by atoms with Gasteiger partial charge in [-0.1, -0.05) is 31.0 Å². The van der Waals surface area contributed by atoms with Gasteiger partial charge >= 0.3 is 0 Å². The van der Waals surface area contributed by atoms with Crippen LogP contribution < -0.4 is 10.1 Å².